The van der Waals surface area contributed by atoms with E-state index in [2.05, 4.69) is 6.58 Å². The minimum Gasteiger partial charge on any atom is -0.550 e. The van der Waals surface area contributed by atoms with Crippen molar-refractivity contribution in [2.75, 3.05) is 6.54 Å². The molecule has 0 aromatic rings. The van der Waals surface area contributed by atoms with E-state index in [0.717, 1.165) is 9.80 Å². The fraction of sp³-hybridized carbons (Fsp3) is 0.571. The first-order valence-electron chi connectivity index (χ1n) is 6.97. The van der Waals surface area contributed by atoms with Gasteiger partial charge in [0.25, 0.3) is 11.8 Å². The van der Waals surface area contributed by atoms with E-state index in [1.807, 2.05) is 0 Å². The molecule has 2 aliphatic rings. The van der Waals surface area contributed by atoms with Crippen molar-refractivity contribution in [2.45, 2.75) is 38.6 Å². The van der Waals surface area contributed by atoms with E-state index in [1.54, 1.807) is 6.92 Å². The number of amides is 4. The van der Waals surface area contributed by atoms with E-state index in [-0.39, 0.29) is 69.5 Å². The Hall–Kier alpha value is -0.544. The fourth-order valence-electron chi connectivity index (χ4n) is 2.87. The van der Waals surface area contributed by atoms with Gasteiger partial charge in [0.2, 0.25) is 0 Å². The zero-order chi connectivity index (χ0) is 15.7. The van der Waals surface area contributed by atoms with Crippen molar-refractivity contribution in [3.05, 3.63) is 12.2 Å². The number of carboxylic acid groups (broad SMARTS) is 1. The van der Waals surface area contributed by atoms with Gasteiger partial charge in [-0.2, -0.15) is 0 Å². The second-order valence-corrected chi connectivity index (χ2v) is 5.31. The van der Waals surface area contributed by atoms with Gasteiger partial charge in [0.05, 0.1) is 5.57 Å². The molecule has 2 fully saturated rings. The smallest absolute Gasteiger partial charge is 0.550 e. The Morgan fingerprint density at radius 1 is 1.18 bits per heavy atom. The number of carboxylic acids is 1. The molecule has 0 bridgehead atoms. The zero-order valence-corrected chi connectivity index (χ0v) is 16.0. The average Bonchev–Trinajstić information content (AvgIpc) is 2.46. The largest absolute Gasteiger partial charge is 1.00 e. The van der Waals surface area contributed by atoms with Crippen molar-refractivity contribution >= 4 is 23.8 Å². The second-order valence-electron chi connectivity index (χ2n) is 5.31. The van der Waals surface area contributed by atoms with E-state index in [9.17, 15) is 24.3 Å². The van der Waals surface area contributed by atoms with Crippen molar-refractivity contribution in [3.8, 4) is 0 Å². The molecular formula is C14H17KN2O5. The molecule has 8 heteroatoms. The summed E-state index contributed by atoms with van der Waals surface area (Å²) in [6.07, 6.45) is 1.51. The van der Waals surface area contributed by atoms with Crippen LogP contribution in [0, 0.1) is 5.92 Å². The number of urea groups is 1. The first-order valence-corrected chi connectivity index (χ1v) is 6.97. The van der Waals surface area contributed by atoms with Gasteiger partial charge >= 0.3 is 57.4 Å². The van der Waals surface area contributed by atoms with Crippen LogP contribution in [-0.2, 0) is 14.4 Å². The van der Waals surface area contributed by atoms with E-state index >= 15 is 0 Å². The summed E-state index contributed by atoms with van der Waals surface area (Å²) in [5.41, 5.74) is -0.224. The maximum absolute atomic E-state index is 12.3. The third kappa shape index (κ3) is 3.51. The fourth-order valence-corrected chi connectivity index (χ4v) is 2.87. The molecule has 0 atom stereocenters. The number of aliphatic carboxylic acids is 1. The number of imide groups is 2. The third-order valence-electron chi connectivity index (χ3n) is 4.13. The summed E-state index contributed by atoms with van der Waals surface area (Å²) < 4.78 is 0. The monoisotopic (exact) mass is 332 g/mol. The molecule has 0 N–H and O–H groups in total. The van der Waals surface area contributed by atoms with Gasteiger partial charge in [-0.15, -0.1) is 0 Å². The predicted octanol–water partition coefficient (Wildman–Crippen LogP) is -3.33. The number of barbiturate groups is 1. The molecule has 114 valence electrons. The minimum atomic E-state index is -1.10. The van der Waals surface area contributed by atoms with E-state index in [4.69, 9.17) is 0 Å². The molecule has 2 rings (SSSR count). The Morgan fingerprint density at radius 2 is 1.73 bits per heavy atom. The van der Waals surface area contributed by atoms with Crippen LogP contribution in [0.3, 0.4) is 0 Å². The summed E-state index contributed by atoms with van der Waals surface area (Å²) in [7, 11) is 0. The van der Waals surface area contributed by atoms with Gasteiger partial charge in [-0.3, -0.25) is 19.4 Å². The molecule has 1 heterocycles. The van der Waals surface area contributed by atoms with E-state index in [0.29, 0.717) is 25.7 Å². The summed E-state index contributed by atoms with van der Waals surface area (Å²) in [4.78, 5) is 49.1. The van der Waals surface area contributed by atoms with Gasteiger partial charge in [0.1, 0.15) is 0 Å². The normalized spacial score (nSPS) is 26.0. The average molecular weight is 332 g/mol. The molecule has 0 unspecified atom stereocenters. The SMILES string of the molecule is C=C1C(=O)N(CC)C(=O)N(C2CCC(C(=O)[O-])CC2)C1=O.[K+]. The molecule has 22 heavy (non-hydrogen) atoms. The van der Waals surface area contributed by atoms with Crippen LogP contribution in [0.5, 0.6) is 0 Å². The van der Waals surface area contributed by atoms with Gasteiger partial charge in [0, 0.05) is 18.6 Å². The summed E-state index contributed by atoms with van der Waals surface area (Å²) in [6.45, 7) is 5.26. The maximum Gasteiger partial charge on any atom is 1.00 e. The number of nitrogens with zero attached hydrogens (tertiary/aromatic N) is 2. The van der Waals surface area contributed by atoms with Gasteiger partial charge in [-0.1, -0.05) is 6.58 Å². The topological polar surface area (TPSA) is 97.8 Å². The number of likely N-dealkylation sites (N-methyl/N-ethyl adjacent to an activating group) is 1. The number of rotatable bonds is 3. The second kappa shape index (κ2) is 7.83. The summed E-state index contributed by atoms with van der Waals surface area (Å²) in [5.74, 6) is -2.97. The Kier molecular flexibility index (Phi) is 6.94. The number of carbonyl (C=O) groups excluding carboxylic acids is 4. The predicted molar refractivity (Wildman–Crippen MR) is 69.5 cm³/mol. The van der Waals surface area contributed by atoms with Gasteiger partial charge in [-0.25, -0.2) is 4.79 Å². The van der Waals surface area contributed by atoms with Crippen molar-refractivity contribution in [3.63, 3.8) is 0 Å². The van der Waals surface area contributed by atoms with Crippen LogP contribution < -0.4 is 56.5 Å². The van der Waals surface area contributed by atoms with Crippen molar-refractivity contribution in [2.24, 2.45) is 5.92 Å². The van der Waals surface area contributed by atoms with Crippen LogP contribution in [0.4, 0.5) is 4.79 Å². The Labute approximate surface area is 171 Å². The van der Waals surface area contributed by atoms with Gasteiger partial charge < -0.3 is 9.90 Å². The molecule has 0 spiro atoms. The van der Waals surface area contributed by atoms with Crippen LogP contribution in [0.2, 0.25) is 0 Å². The standard InChI is InChI=1S/C14H18N2O5.K/c1-3-15-11(17)8(2)12(18)16(14(15)21)10-6-4-9(5-7-10)13(19)20;/h9-10H,2-7H2,1H3,(H,19,20);/q;+1/p-1. The Balaban J connectivity index is 0.00000242. The first-order chi connectivity index (χ1) is 9.88. The van der Waals surface area contributed by atoms with Crippen LogP contribution in [0.15, 0.2) is 12.2 Å². The number of carbonyl (C=O) groups is 4. The molecule has 1 aliphatic carbocycles. The van der Waals surface area contributed by atoms with Crippen LogP contribution in [0.1, 0.15) is 32.6 Å². The third-order valence-corrected chi connectivity index (χ3v) is 4.13. The van der Waals surface area contributed by atoms with Crippen molar-refractivity contribution in [1.29, 1.82) is 0 Å². The molecule has 4 amide bonds. The van der Waals surface area contributed by atoms with Crippen molar-refractivity contribution < 1.29 is 75.7 Å². The molecule has 7 nitrogen and oxygen atoms in total. The van der Waals surface area contributed by atoms with Crippen molar-refractivity contribution in [1.82, 2.24) is 9.80 Å². The Morgan fingerprint density at radius 3 is 2.18 bits per heavy atom. The molecular weight excluding hydrogens is 315 g/mol. The summed E-state index contributed by atoms with van der Waals surface area (Å²) >= 11 is 0. The van der Waals surface area contributed by atoms with E-state index in [1.165, 1.54) is 0 Å². The van der Waals surface area contributed by atoms with Gasteiger partial charge in [0.15, 0.2) is 0 Å². The maximum atomic E-state index is 12.3. The van der Waals surface area contributed by atoms with Crippen LogP contribution in [0.25, 0.3) is 0 Å². The molecule has 1 aliphatic heterocycles. The molecule has 0 aromatic carbocycles. The molecule has 0 radical (unpaired) electrons. The van der Waals surface area contributed by atoms with Gasteiger partial charge in [-0.05, 0) is 38.5 Å². The van der Waals surface area contributed by atoms with E-state index < -0.39 is 29.7 Å². The molecule has 0 aromatic heterocycles. The summed E-state index contributed by atoms with van der Waals surface area (Å²) in [5, 5.41) is 10.8. The van der Waals surface area contributed by atoms with Crippen LogP contribution in [-0.4, -0.2) is 46.2 Å². The first kappa shape index (κ1) is 19.5. The Bertz CT molecular complexity index is 525. The quantitative estimate of drug-likeness (QED) is 0.306. The number of hydrogen-bond donors (Lipinski definition) is 0. The minimum absolute atomic E-state index is 0. The number of hydrogen-bond acceptors (Lipinski definition) is 5. The summed E-state index contributed by atoms with van der Waals surface area (Å²) in [6, 6.07) is -1.03. The molecule has 1 saturated heterocycles. The zero-order valence-electron chi connectivity index (χ0n) is 12.8. The molecule has 1 saturated carbocycles. The van der Waals surface area contributed by atoms with Crippen LogP contribution >= 0.6 is 0 Å².